The second-order valence-electron chi connectivity index (χ2n) is 4.68. The standard InChI is InChI=1S/C11H21NO2S2/c12-4-1-7-16(13)10-2-5-14-11(8-10)3-6-15-9-11/h10H,1-9,12H2. The van der Waals surface area contributed by atoms with E-state index in [4.69, 9.17) is 10.5 Å². The predicted molar refractivity (Wildman–Crippen MR) is 70.3 cm³/mol. The smallest absolute Gasteiger partial charge is 0.0791 e. The fraction of sp³-hybridized carbons (Fsp3) is 1.00. The van der Waals surface area contributed by atoms with Gasteiger partial charge in [-0.3, -0.25) is 4.21 Å². The van der Waals surface area contributed by atoms with Crippen molar-refractivity contribution < 1.29 is 8.95 Å². The summed E-state index contributed by atoms with van der Waals surface area (Å²) >= 11 is 1.97. The molecule has 2 heterocycles. The van der Waals surface area contributed by atoms with Gasteiger partial charge in [-0.15, -0.1) is 0 Å². The molecular weight excluding hydrogens is 242 g/mol. The second-order valence-corrected chi connectivity index (χ2v) is 7.62. The number of thioether (sulfide) groups is 1. The predicted octanol–water partition coefficient (Wildman–Crippen LogP) is 1.14. The molecule has 3 unspecified atom stereocenters. The molecule has 16 heavy (non-hydrogen) atoms. The van der Waals surface area contributed by atoms with Crippen LogP contribution < -0.4 is 5.73 Å². The maximum Gasteiger partial charge on any atom is 0.0791 e. The summed E-state index contributed by atoms with van der Waals surface area (Å²) in [5, 5.41) is 0.346. The SMILES string of the molecule is NCCCS(=O)C1CCOC2(CCSC2)C1. The summed E-state index contributed by atoms with van der Waals surface area (Å²) in [6.45, 7) is 1.44. The molecule has 0 amide bonds. The van der Waals surface area contributed by atoms with E-state index in [1.54, 1.807) is 0 Å². The highest BCUT2D eigenvalue weighted by molar-refractivity contribution is 7.99. The Morgan fingerprint density at radius 1 is 1.56 bits per heavy atom. The number of ether oxygens (including phenoxy) is 1. The summed E-state index contributed by atoms with van der Waals surface area (Å²) in [5.74, 6) is 3.06. The van der Waals surface area contributed by atoms with Gasteiger partial charge in [-0.05, 0) is 38.0 Å². The molecule has 2 aliphatic rings. The molecule has 2 fully saturated rings. The first-order chi connectivity index (χ1) is 7.76. The topological polar surface area (TPSA) is 52.3 Å². The van der Waals surface area contributed by atoms with Crippen LogP contribution in [0.15, 0.2) is 0 Å². The van der Waals surface area contributed by atoms with Gasteiger partial charge in [0.1, 0.15) is 0 Å². The molecule has 0 saturated carbocycles. The molecule has 0 bridgehead atoms. The summed E-state index contributed by atoms with van der Waals surface area (Å²) in [7, 11) is -0.698. The maximum atomic E-state index is 12.1. The third-order valence-electron chi connectivity index (χ3n) is 3.44. The number of rotatable bonds is 4. The van der Waals surface area contributed by atoms with E-state index in [1.807, 2.05) is 11.8 Å². The van der Waals surface area contributed by atoms with Crippen LogP contribution in [0.4, 0.5) is 0 Å². The lowest BCUT2D eigenvalue weighted by Gasteiger charge is -2.37. The largest absolute Gasteiger partial charge is 0.374 e. The normalized spacial score (nSPS) is 36.7. The van der Waals surface area contributed by atoms with Crippen molar-refractivity contribution in [3.8, 4) is 0 Å². The number of nitrogens with two attached hydrogens (primary N) is 1. The molecule has 0 aromatic carbocycles. The van der Waals surface area contributed by atoms with Crippen LogP contribution in [0.3, 0.4) is 0 Å². The van der Waals surface area contributed by atoms with Crippen molar-refractivity contribution in [1.82, 2.24) is 0 Å². The van der Waals surface area contributed by atoms with E-state index in [0.717, 1.165) is 43.8 Å². The number of hydrogen-bond acceptors (Lipinski definition) is 4. The van der Waals surface area contributed by atoms with E-state index < -0.39 is 10.8 Å². The summed E-state index contributed by atoms with van der Waals surface area (Å²) in [4.78, 5) is 0. The highest BCUT2D eigenvalue weighted by Gasteiger charge is 2.41. The third kappa shape index (κ3) is 3.00. The van der Waals surface area contributed by atoms with Gasteiger partial charge in [-0.25, -0.2) is 0 Å². The van der Waals surface area contributed by atoms with Crippen LogP contribution in [0.5, 0.6) is 0 Å². The summed E-state index contributed by atoms with van der Waals surface area (Å²) in [5.41, 5.74) is 5.52. The Morgan fingerprint density at radius 3 is 3.12 bits per heavy atom. The molecule has 5 heteroatoms. The van der Waals surface area contributed by atoms with E-state index in [1.165, 1.54) is 5.75 Å². The molecule has 94 valence electrons. The Hall–Kier alpha value is 0.420. The van der Waals surface area contributed by atoms with Gasteiger partial charge in [0.15, 0.2) is 0 Å². The fourth-order valence-corrected chi connectivity index (χ4v) is 5.47. The second kappa shape index (κ2) is 5.85. The minimum Gasteiger partial charge on any atom is -0.374 e. The zero-order chi connectivity index (χ0) is 11.4. The fourth-order valence-electron chi connectivity index (χ4n) is 2.46. The molecule has 0 aliphatic carbocycles. The van der Waals surface area contributed by atoms with Crippen molar-refractivity contribution in [2.24, 2.45) is 5.73 Å². The van der Waals surface area contributed by atoms with Gasteiger partial charge in [0.25, 0.3) is 0 Å². The molecule has 0 radical (unpaired) electrons. The first-order valence-corrected chi connectivity index (χ1v) is 8.58. The van der Waals surface area contributed by atoms with Crippen LogP contribution in [0, 0.1) is 0 Å². The molecule has 2 aliphatic heterocycles. The lowest BCUT2D eigenvalue weighted by molar-refractivity contribution is -0.0567. The van der Waals surface area contributed by atoms with E-state index in [0.29, 0.717) is 11.8 Å². The van der Waals surface area contributed by atoms with Gasteiger partial charge >= 0.3 is 0 Å². The van der Waals surface area contributed by atoms with Crippen molar-refractivity contribution in [3.05, 3.63) is 0 Å². The molecule has 0 aromatic heterocycles. The number of hydrogen-bond donors (Lipinski definition) is 1. The van der Waals surface area contributed by atoms with Crippen LogP contribution >= 0.6 is 11.8 Å². The molecular formula is C11H21NO2S2. The third-order valence-corrected chi connectivity index (χ3v) is 6.50. The van der Waals surface area contributed by atoms with E-state index in [9.17, 15) is 4.21 Å². The van der Waals surface area contributed by atoms with Gasteiger partial charge in [-0.2, -0.15) is 11.8 Å². The minimum atomic E-state index is -0.698. The molecule has 2 N–H and O–H groups in total. The summed E-state index contributed by atoms with van der Waals surface area (Å²) in [6, 6.07) is 0. The minimum absolute atomic E-state index is 0.0615. The Morgan fingerprint density at radius 2 is 2.44 bits per heavy atom. The van der Waals surface area contributed by atoms with Crippen LogP contribution in [-0.4, -0.2) is 45.5 Å². The Balaban J connectivity index is 1.88. The zero-order valence-electron chi connectivity index (χ0n) is 9.65. The molecule has 2 saturated heterocycles. The van der Waals surface area contributed by atoms with Crippen molar-refractivity contribution in [2.75, 3.05) is 30.4 Å². The average molecular weight is 263 g/mol. The van der Waals surface area contributed by atoms with Crippen LogP contribution in [0.25, 0.3) is 0 Å². The first-order valence-electron chi connectivity index (χ1n) is 6.05. The van der Waals surface area contributed by atoms with E-state index in [-0.39, 0.29) is 5.60 Å². The van der Waals surface area contributed by atoms with Crippen LogP contribution in [0.2, 0.25) is 0 Å². The van der Waals surface area contributed by atoms with Crippen molar-refractivity contribution in [2.45, 2.75) is 36.5 Å². The average Bonchev–Trinajstić information content (AvgIpc) is 2.74. The molecule has 2 rings (SSSR count). The molecule has 1 spiro atoms. The molecule has 3 nitrogen and oxygen atoms in total. The van der Waals surface area contributed by atoms with Gasteiger partial charge in [0.2, 0.25) is 0 Å². The van der Waals surface area contributed by atoms with E-state index >= 15 is 0 Å². The van der Waals surface area contributed by atoms with Gasteiger partial charge in [0, 0.05) is 34.2 Å². The quantitative estimate of drug-likeness (QED) is 0.826. The van der Waals surface area contributed by atoms with Gasteiger partial charge < -0.3 is 10.5 Å². The Bertz CT molecular complexity index is 254. The zero-order valence-corrected chi connectivity index (χ0v) is 11.3. The molecule has 3 atom stereocenters. The Labute approximate surface area is 104 Å². The van der Waals surface area contributed by atoms with E-state index in [2.05, 4.69) is 0 Å². The first kappa shape index (κ1) is 12.9. The van der Waals surface area contributed by atoms with Crippen LogP contribution in [0.1, 0.15) is 25.7 Å². The summed E-state index contributed by atoms with van der Waals surface area (Å²) in [6.07, 6.45) is 3.98. The monoisotopic (exact) mass is 263 g/mol. The van der Waals surface area contributed by atoms with Crippen LogP contribution in [-0.2, 0) is 15.5 Å². The van der Waals surface area contributed by atoms with Gasteiger partial charge in [-0.1, -0.05) is 0 Å². The lowest BCUT2D eigenvalue weighted by atomic mass is 9.93. The van der Waals surface area contributed by atoms with Crippen molar-refractivity contribution >= 4 is 22.6 Å². The molecule has 0 aromatic rings. The highest BCUT2D eigenvalue weighted by atomic mass is 32.2. The summed E-state index contributed by atoms with van der Waals surface area (Å²) < 4.78 is 18.0. The van der Waals surface area contributed by atoms with Gasteiger partial charge in [0.05, 0.1) is 5.60 Å². The highest BCUT2D eigenvalue weighted by Crippen LogP contribution is 2.39. The lowest BCUT2D eigenvalue weighted by Crippen LogP contribution is -2.43. The maximum absolute atomic E-state index is 12.1. The van der Waals surface area contributed by atoms with Crippen molar-refractivity contribution in [3.63, 3.8) is 0 Å². The van der Waals surface area contributed by atoms with Crippen molar-refractivity contribution in [1.29, 1.82) is 0 Å². The Kier molecular flexibility index (Phi) is 4.70.